The minimum absolute atomic E-state index is 0.478. The number of unbranched alkanes of at least 4 members (excludes halogenated alkanes) is 1. The minimum Gasteiger partial charge on any atom is -0.389 e. The average Bonchev–Trinajstić information content (AvgIpc) is 2.49. The molecule has 3 atom stereocenters. The zero-order valence-electron chi connectivity index (χ0n) is 11.9. The minimum atomic E-state index is -0.849. The lowest BCUT2D eigenvalue weighted by molar-refractivity contribution is -0.0780. The number of ether oxygens (including phenoxy) is 1. The molecule has 0 aromatic heterocycles. The van der Waals surface area contributed by atoms with Crippen LogP contribution in [0.1, 0.15) is 19.8 Å². The van der Waals surface area contributed by atoms with Gasteiger partial charge in [0.05, 0.1) is 6.10 Å². The summed E-state index contributed by atoms with van der Waals surface area (Å²) >= 11 is 1.55. The average molecular weight is 296 g/mol. The molecule has 1 aromatic rings. The van der Waals surface area contributed by atoms with Gasteiger partial charge in [-0.15, -0.1) is 18.3 Å². The van der Waals surface area contributed by atoms with Crippen LogP contribution in [0.4, 0.5) is 0 Å². The highest BCUT2D eigenvalue weighted by molar-refractivity contribution is 7.99. The van der Waals surface area contributed by atoms with Crippen molar-refractivity contribution in [3.63, 3.8) is 0 Å². The van der Waals surface area contributed by atoms with Crippen LogP contribution in [0.15, 0.2) is 47.9 Å². The standard InChI is InChI=1S/C16H24O3S/c1-3-5-11-19-16(14(17)4-2)15(18)12-20-13-9-7-6-8-10-13/h4,6-10,14-18H,2-3,5,11-12H2,1H3. The Morgan fingerprint density at radius 3 is 2.60 bits per heavy atom. The van der Waals surface area contributed by atoms with E-state index in [-0.39, 0.29) is 0 Å². The first-order valence-corrected chi connectivity index (χ1v) is 7.95. The molecule has 0 spiro atoms. The largest absolute Gasteiger partial charge is 0.389 e. The first-order chi connectivity index (χ1) is 9.69. The number of hydrogen-bond acceptors (Lipinski definition) is 4. The molecule has 20 heavy (non-hydrogen) atoms. The number of thioether (sulfide) groups is 1. The lowest BCUT2D eigenvalue weighted by Crippen LogP contribution is -2.40. The molecule has 2 N–H and O–H groups in total. The number of benzene rings is 1. The molecule has 1 aromatic carbocycles. The fourth-order valence-corrected chi connectivity index (χ4v) is 2.63. The van der Waals surface area contributed by atoms with Crippen molar-refractivity contribution in [1.82, 2.24) is 0 Å². The molecule has 0 heterocycles. The number of aliphatic hydroxyl groups excluding tert-OH is 2. The number of rotatable bonds is 10. The van der Waals surface area contributed by atoms with Crippen molar-refractivity contribution in [2.24, 2.45) is 0 Å². The summed E-state index contributed by atoms with van der Waals surface area (Å²) in [5.41, 5.74) is 0. The summed E-state index contributed by atoms with van der Waals surface area (Å²) in [4.78, 5) is 1.09. The molecule has 0 aliphatic carbocycles. The van der Waals surface area contributed by atoms with Crippen LogP contribution < -0.4 is 0 Å². The van der Waals surface area contributed by atoms with Gasteiger partial charge in [-0.3, -0.25) is 0 Å². The van der Waals surface area contributed by atoms with Crippen molar-refractivity contribution in [3.8, 4) is 0 Å². The second-order valence-electron chi connectivity index (χ2n) is 4.61. The van der Waals surface area contributed by atoms with Gasteiger partial charge in [-0.25, -0.2) is 0 Å². The van der Waals surface area contributed by atoms with Crippen LogP contribution in [0.3, 0.4) is 0 Å². The van der Waals surface area contributed by atoms with Gasteiger partial charge in [0.1, 0.15) is 12.2 Å². The highest BCUT2D eigenvalue weighted by atomic mass is 32.2. The molecule has 0 fully saturated rings. The molecule has 1 rings (SSSR count). The Bertz CT molecular complexity index is 369. The summed E-state index contributed by atoms with van der Waals surface area (Å²) in [6.45, 7) is 6.18. The smallest absolute Gasteiger partial charge is 0.114 e. The maximum Gasteiger partial charge on any atom is 0.114 e. The van der Waals surface area contributed by atoms with E-state index in [4.69, 9.17) is 4.74 Å². The monoisotopic (exact) mass is 296 g/mol. The highest BCUT2D eigenvalue weighted by Crippen LogP contribution is 2.20. The third-order valence-electron chi connectivity index (χ3n) is 2.93. The van der Waals surface area contributed by atoms with E-state index >= 15 is 0 Å². The summed E-state index contributed by atoms with van der Waals surface area (Å²) in [6.07, 6.45) is 1.15. The Morgan fingerprint density at radius 1 is 1.30 bits per heavy atom. The van der Waals surface area contributed by atoms with Gasteiger partial charge in [0.2, 0.25) is 0 Å². The summed E-state index contributed by atoms with van der Waals surface area (Å²) in [5.74, 6) is 0.478. The quantitative estimate of drug-likeness (QED) is 0.396. The van der Waals surface area contributed by atoms with Crippen molar-refractivity contribution in [1.29, 1.82) is 0 Å². The molecule has 3 nitrogen and oxygen atoms in total. The van der Waals surface area contributed by atoms with Crippen LogP contribution >= 0.6 is 11.8 Å². The molecular formula is C16H24O3S. The Labute approximate surface area is 125 Å². The molecule has 0 aliphatic heterocycles. The van der Waals surface area contributed by atoms with Gasteiger partial charge in [0, 0.05) is 17.3 Å². The van der Waals surface area contributed by atoms with Crippen LogP contribution in [0.25, 0.3) is 0 Å². The Hall–Kier alpha value is -0.810. The van der Waals surface area contributed by atoms with Crippen molar-refractivity contribution >= 4 is 11.8 Å². The van der Waals surface area contributed by atoms with Gasteiger partial charge in [-0.2, -0.15) is 0 Å². The number of aliphatic hydroxyl groups is 2. The van der Waals surface area contributed by atoms with Gasteiger partial charge in [-0.1, -0.05) is 37.6 Å². The Morgan fingerprint density at radius 2 is 2.00 bits per heavy atom. The second-order valence-corrected chi connectivity index (χ2v) is 5.70. The maximum absolute atomic E-state index is 10.2. The van der Waals surface area contributed by atoms with Crippen molar-refractivity contribution < 1.29 is 14.9 Å². The summed E-state index contributed by atoms with van der Waals surface area (Å²) in [5, 5.41) is 20.1. The van der Waals surface area contributed by atoms with E-state index in [1.165, 1.54) is 6.08 Å². The predicted molar refractivity (Wildman–Crippen MR) is 84.0 cm³/mol. The first-order valence-electron chi connectivity index (χ1n) is 6.97. The molecule has 0 saturated heterocycles. The third kappa shape index (κ3) is 6.09. The fourth-order valence-electron chi connectivity index (χ4n) is 1.73. The summed E-state index contributed by atoms with van der Waals surface area (Å²) in [7, 11) is 0. The van der Waals surface area contributed by atoms with Crippen LogP contribution in [0, 0.1) is 0 Å². The molecule has 0 saturated carbocycles. The van der Waals surface area contributed by atoms with Gasteiger partial charge >= 0.3 is 0 Å². The third-order valence-corrected chi connectivity index (χ3v) is 4.04. The Kier molecular flexibility index (Phi) is 8.62. The SMILES string of the molecule is C=CC(O)C(OCCCC)C(O)CSc1ccccc1. The molecule has 112 valence electrons. The summed E-state index contributed by atoms with van der Waals surface area (Å²) < 4.78 is 5.60. The van der Waals surface area contributed by atoms with Crippen LogP contribution in [-0.2, 0) is 4.74 Å². The lowest BCUT2D eigenvalue weighted by Gasteiger charge is -2.26. The molecule has 0 aliphatic rings. The maximum atomic E-state index is 10.2. The zero-order chi connectivity index (χ0) is 14.8. The van der Waals surface area contributed by atoms with E-state index < -0.39 is 18.3 Å². The first kappa shape index (κ1) is 17.2. The van der Waals surface area contributed by atoms with Crippen LogP contribution in [0.5, 0.6) is 0 Å². The zero-order valence-corrected chi connectivity index (χ0v) is 12.8. The highest BCUT2D eigenvalue weighted by Gasteiger charge is 2.25. The van der Waals surface area contributed by atoms with Crippen molar-refractivity contribution in [2.75, 3.05) is 12.4 Å². The van der Waals surface area contributed by atoms with E-state index in [0.29, 0.717) is 12.4 Å². The van der Waals surface area contributed by atoms with Crippen LogP contribution in [0.2, 0.25) is 0 Å². The Balaban J connectivity index is 2.49. The van der Waals surface area contributed by atoms with E-state index in [0.717, 1.165) is 17.7 Å². The molecule has 0 bridgehead atoms. The summed E-state index contributed by atoms with van der Waals surface area (Å²) in [6, 6.07) is 9.87. The van der Waals surface area contributed by atoms with Gasteiger partial charge in [0.15, 0.2) is 0 Å². The topological polar surface area (TPSA) is 49.7 Å². The normalized spacial score (nSPS) is 15.6. The predicted octanol–water partition coefficient (Wildman–Crippen LogP) is 2.87. The lowest BCUT2D eigenvalue weighted by atomic mass is 10.1. The van der Waals surface area contributed by atoms with E-state index in [1.54, 1.807) is 11.8 Å². The number of hydrogen-bond donors (Lipinski definition) is 2. The molecule has 4 heteroatoms. The van der Waals surface area contributed by atoms with E-state index in [2.05, 4.69) is 13.5 Å². The molecular weight excluding hydrogens is 272 g/mol. The van der Waals surface area contributed by atoms with Crippen molar-refractivity contribution in [3.05, 3.63) is 43.0 Å². The van der Waals surface area contributed by atoms with E-state index in [9.17, 15) is 10.2 Å². The van der Waals surface area contributed by atoms with E-state index in [1.807, 2.05) is 30.3 Å². The fraction of sp³-hybridized carbons (Fsp3) is 0.500. The van der Waals surface area contributed by atoms with Crippen LogP contribution in [-0.4, -0.2) is 40.9 Å². The van der Waals surface area contributed by atoms with Gasteiger partial charge < -0.3 is 14.9 Å². The second kappa shape index (κ2) is 10.00. The van der Waals surface area contributed by atoms with Gasteiger partial charge in [-0.05, 0) is 18.6 Å². The molecule has 0 amide bonds. The van der Waals surface area contributed by atoms with Crippen molar-refractivity contribution in [2.45, 2.75) is 43.0 Å². The molecule has 0 radical (unpaired) electrons. The van der Waals surface area contributed by atoms with Gasteiger partial charge in [0.25, 0.3) is 0 Å². The molecule has 3 unspecified atom stereocenters.